The average Bonchev–Trinajstić information content (AvgIpc) is 2.60. The molecule has 1 saturated carbocycles. The van der Waals surface area contributed by atoms with Gasteiger partial charge < -0.3 is 14.8 Å². The predicted octanol–water partition coefficient (Wildman–Crippen LogP) is 3.21. The number of halogens is 1. The SMILES string of the molecule is COC(=O)C1(NC(=O)C(Cl)c2ccc(OC)cc2)CCCC(C)C1. The van der Waals surface area contributed by atoms with Crippen molar-refractivity contribution in [3.8, 4) is 5.75 Å². The third-order valence-electron chi connectivity index (χ3n) is 4.57. The molecule has 1 aromatic rings. The number of rotatable bonds is 5. The number of benzene rings is 1. The Bertz CT molecular complexity index is 589. The van der Waals surface area contributed by atoms with Crippen molar-refractivity contribution in [3.05, 3.63) is 29.8 Å². The van der Waals surface area contributed by atoms with E-state index in [9.17, 15) is 9.59 Å². The number of nitrogens with one attached hydrogen (secondary N) is 1. The molecule has 3 atom stereocenters. The normalized spacial score (nSPS) is 24.8. The van der Waals surface area contributed by atoms with Crippen molar-refractivity contribution in [1.29, 1.82) is 0 Å². The lowest BCUT2D eigenvalue weighted by Gasteiger charge is -2.38. The molecule has 5 nitrogen and oxygen atoms in total. The van der Waals surface area contributed by atoms with Gasteiger partial charge in [-0.25, -0.2) is 4.79 Å². The fourth-order valence-corrected chi connectivity index (χ4v) is 3.52. The monoisotopic (exact) mass is 353 g/mol. The Morgan fingerprint density at radius 2 is 1.96 bits per heavy atom. The van der Waals surface area contributed by atoms with Crippen LogP contribution in [0.2, 0.25) is 0 Å². The van der Waals surface area contributed by atoms with E-state index in [4.69, 9.17) is 21.1 Å². The van der Waals surface area contributed by atoms with Crippen LogP contribution in [0.4, 0.5) is 0 Å². The number of amides is 1. The molecule has 6 heteroatoms. The van der Waals surface area contributed by atoms with E-state index in [1.165, 1.54) is 7.11 Å². The summed E-state index contributed by atoms with van der Waals surface area (Å²) in [7, 11) is 2.92. The predicted molar refractivity (Wildman–Crippen MR) is 92.1 cm³/mol. The van der Waals surface area contributed by atoms with Gasteiger partial charge in [0.25, 0.3) is 0 Å². The van der Waals surface area contributed by atoms with Gasteiger partial charge in [0.1, 0.15) is 16.7 Å². The van der Waals surface area contributed by atoms with Gasteiger partial charge in [-0.1, -0.05) is 31.9 Å². The molecule has 1 fully saturated rings. The van der Waals surface area contributed by atoms with E-state index in [1.807, 2.05) is 0 Å². The van der Waals surface area contributed by atoms with E-state index in [0.717, 1.165) is 12.8 Å². The van der Waals surface area contributed by atoms with E-state index < -0.39 is 16.9 Å². The Balaban J connectivity index is 2.15. The molecule has 0 saturated heterocycles. The molecule has 0 spiro atoms. The Labute approximate surface area is 147 Å². The number of hydrogen-bond acceptors (Lipinski definition) is 4. The topological polar surface area (TPSA) is 64.6 Å². The molecule has 3 unspecified atom stereocenters. The van der Waals surface area contributed by atoms with Gasteiger partial charge in [-0.3, -0.25) is 4.79 Å². The highest BCUT2D eigenvalue weighted by molar-refractivity contribution is 6.31. The van der Waals surface area contributed by atoms with Crippen molar-refractivity contribution in [1.82, 2.24) is 5.32 Å². The summed E-state index contributed by atoms with van der Waals surface area (Å²) in [5.41, 5.74) is -0.331. The van der Waals surface area contributed by atoms with Crippen molar-refractivity contribution in [2.75, 3.05) is 14.2 Å². The molecule has 1 aliphatic carbocycles. The first-order chi connectivity index (χ1) is 11.4. The lowest BCUT2D eigenvalue weighted by atomic mass is 9.76. The molecule has 1 amide bonds. The smallest absolute Gasteiger partial charge is 0.331 e. The van der Waals surface area contributed by atoms with Crippen molar-refractivity contribution in [3.63, 3.8) is 0 Å². The maximum absolute atomic E-state index is 12.6. The van der Waals surface area contributed by atoms with Crippen molar-refractivity contribution >= 4 is 23.5 Å². The number of esters is 1. The average molecular weight is 354 g/mol. The van der Waals surface area contributed by atoms with Gasteiger partial charge >= 0.3 is 5.97 Å². The Morgan fingerprint density at radius 1 is 1.29 bits per heavy atom. The first kappa shape index (κ1) is 18.6. The molecule has 1 N–H and O–H groups in total. The van der Waals surface area contributed by atoms with E-state index >= 15 is 0 Å². The molecule has 0 aromatic heterocycles. The standard InChI is InChI=1S/C18H24ClNO4/c1-12-5-4-10-18(11-12,17(22)24-3)20-16(21)15(19)13-6-8-14(23-2)9-7-13/h6-9,12,15H,4-5,10-11H2,1-3H3,(H,20,21). The largest absolute Gasteiger partial charge is 0.497 e. The molecule has 1 aliphatic rings. The molecule has 0 heterocycles. The molecular formula is C18H24ClNO4. The van der Waals surface area contributed by atoms with Gasteiger partial charge in [-0.05, 0) is 36.5 Å². The zero-order chi connectivity index (χ0) is 17.7. The summed E-state index contributed by atoms with van der Waals surface area (Å²) in [6.45, 7) is 2.07. The van der Waals surface area contributed by atoms with Gasteiger partial charge in [0, 0.05) is 0 Å². The van der Waals surface area contributed by atoms with E-state index in [1.54, 1.807) is 31.4 Å². The van der Waals surface area contributed by atoms with E-state index in [-0.39, 0.29) is 5.91 Å². The number of ether oxygens (including phenoxy) is 2. The van der Waals surface area contributed by atoms with Crippen LogP contribution >= 0.6 is 11.6 Å². The van der Waals surface area contributed by atoms with Crippen molar-refractivity contribution in [2.45, 2.75) is 43.5 Å². The Hall–Kier alpha value is -1.75. The van der Waals surface area contributed by atoms with Gasteiger partial charge in [0.2, 0.25) is 5.91 Å². The zero-order valence-corrected chi connectivity index (χ0v) is 15.1. The minimum atomic E-state index is -0.983. The minimum Gasteiger partial charge on any atom is -0.497 e. The highest BCUT2D eigenvalue weighted by Gasteiger charge is 2.44. The molecule has 132 valence electrons. The number of alkyl halides is 1. The second-order valence-electron chi connectivity index (χ2n) is 6.40. The third-order valence-corrected chi connectivity index (χ3v) is 5.02. The van der Waals surface area contributed by atoms with Gasteiger partial charge in [-0.2, -0.15) is 0 Å². The van der Waals surface area contributed by atoms with Crippen LogP contribution in [0.25, 0.3) is 0 Å². The molecule has 0 radical (unpaired) electrons. The molecular weight excluding hydrogens is 330 g/mol. The van der Waals surface area contributed by atoms with Crippen LogP contribution < -0.4 is 10.1 Å². The summed E-state index contributed by atoms with van der Waals surface area (Å²) >= 11 is 6.31. The van der Waals surface area contributed by atoms with Gasteiger partial charge in [0.15, 0.2) is 0 Å². The molecule has 0 bridgehead atoms. The quantitative estimate of drug-likeness (QED) is 0.652. The summed E-state index contributed by atoms with van der Waals surface area (Å²) in [6.07, 6.45) is 3.04. The minimum absolute atomic E-state index is 0.341. The second-order valence-corrected chi connectivity index (χ2v) is 6.84. The first-order valence-corrected chi connectivity index (χ1v) is 8.54. The molecule has 2 rings (SSSR count). The fourth-order valence-electron chi connectivity index (χ4n) is 3.32. The zero-order valence-electron chi connectivity index (χ0n) is 14.3. The van der Waals surface area contributed by atoms with Gasteiger partial charge in [-0.15, -0.1) is 11.6 Å². The summed E-state index contributed by atoms with van der Waals surface area (Å²) in [6, 6.07) is 6.97. The molecule has 0 aliphatic heterocycles. The van der Waals surface area contributed by atoms with Crippen LogP contribution in [0.3, 0.4) is 0 Å². The number of carbonyl (C=O) groups is 2. The fraction of sp³-hybridized carbons (Fsp3) is 0.556. The summed E-state index contributed by atoms with van der Waals surface area (Å²) in [5, 5.41) is 1.98. The Kier molecular flexibility index (Phi) is 6.10. The lowest BCUT2D eigenvalue weighted by molar-refractivity contribution is -0.153. The van der Waals surface area contributed by atoms with Crippen LogP contribution in [-0.2, 0) is 14.3 Å². The van der Waals surface area contributed by atoms with Crippen LogP contribution in [0, 0.1) is 5.92 Å². The highest BCUT2D eigenvalue weighted by Crippen LogP contribution is 2.34. The van der Waals surface area contributed by atoms with Crippen LogP contribution in [0.15, 0.2) is 24.3 Å². The third kappa shape index (κ3) is 4.01. The van der Waals surface area contributed by atoms with Crippen LogP contribution in [-0.4, -0.2) is 31.6 Å². The summed E-state index contributed by atoms with van der Waals surface area (Å²) < 4.78 is 10.0. The van der Waals surface area contributed by atoms with E-state index in [2.05, 4.69) is 12.2 Å². The van der Waals surface area contributed by atoms with Crippen LogP contribution in [0.1, 0.15) is 43.5 Å². The maximum Gasteiger partial charge on any atom is 0.331 e. The lowest BCUT2D eigenvalue weighted by Crippen LogP contribution is -2.57. The summed E-state index contributed by atoms with van der Waals surface area (Å²) in [4.78, 5) is 24.9. The second kappa shape index (κ2) is 7.88. The Morgan fingerprint density at radius 3 is 2.50 bits per heavy atom. The maximum atomic E-state index is 12.6. The van der Waals surface area contributed by atoms with Crippen LogP contribution in [0.5, 0.6) is 5.75 Å². The van der Waals surface area contributed by atoms with Gasteiger partial charge in [0.05, 0.1) is 14.2 Å². The van der Waals surface area contributed by atoms with Crippen molar-refractivity contribution in [2.24, 2.45) is 5.92 Å². The number of hydrogen-bond donors (Lipinski definition) is 1. The van der Waals surface area contributed by atoms with Crippen molar-refractivity contribution < 1.29 is 19.1 Å². The summed E-state index contributed by atoms with van der Waals surface area (Å²) in [5.74, 6) is 0.241. The molecule has 1 aromatic carbocycles. The van der Waals surface area contributed by atoms with E-state index in [0.29, 0.717) is 30.1 Å². The molecule has 24 heavy (non-hydrogen) atoms. The first-order valence-electron chi connectivity index (χ1n) is 8.10. The number of methoxy groups -OCH3 is 2. The number of carbonyl (C=O) groups excluding carboxylic acids is 2. The highest BCUT2D eigenvalue weighted by atomic mass is 35.5.